The lowest BCUT2D eigenvalue weighted by molar-refractivity contribution is 0.0516. The number of fused-ring (bicyclic) bond motifs is 1. The first-order chi connectivity index (χ1) is 21.1. The number of Topliss-reactive ketones (excluding diaryl/α,β-unsaturated/α-hetero) is 1. The van der Waals surface area contributed by atoms with Crippen LogP contribution in [0.1, 0.15) is 70.8 Å². The van der Waals surface area contributed by atoms with Gasteiger partial charge in [0.1, 0.15) is 11.4 Å². The Labute approximate surface area is 255 Å². The van der Waals surface area contributed by atoms with E-state index in [-0.39, 0.29) is 35.6 Å². The van der Waals surface area contributed by atoms with Crippen molar-refractivity contribution in [1.82, 2.24) is 14.3 Å². The zero-order valence-electron chi connectivity index (χ0n) is 25.5. The zero-order chi connectivity index (χ0) is 31.2. The quantitative estimate of drug-likeness (QED) is 0.209. The number of nitrogens with one attached hydrogen (secondary N) is 1. The Morgan fingerprint density at radius 3 is 2.27 bits per heavy atom. The fraction of sp³-hybridized carbons (Fsp3) is 0.250. The number of aryl methyl sites for hydroxylation is 1. The number of ether oxygens (including phenoxy) is 2. The minimum absolute atomic E-state index is 0.0153. The average Bonchev–Trinajstić information content (AvgIpc) is 3.57. The predicted molar refractivity (Wildman–Crippen MR) is 169 cm³/mol. The van der Waals surface area contributed by atoms with Crippen molar-refractivity contribution in [3.63, 3.8) is 0 Å². The van der Waals surface area contributed by atoms with Crippen LogP contribution in [0.2, 0.25) is 0 Å². The minimum Gasteiger partial charge on any atom is -0.497 e. The summed E-state index contributed by atoms with van der Waals surface area (Å²) in [6.45, 7) is 7.86. The van der Waals surface area contributed by atoms with Gasteiger partial charge in [-0.05, 0) is 67.3 Å². The molecule has 224 valence electrons. The second-order valence-electron chi connectivity index (χ2n) is 11.8. The van der Waals surface area contributed by atoms with Crippen molar-refractivity contribution in [2.24, 2.45) is 5.41 Å². The second kappa shape index (κ2) is 11.2. The maximum absolute atomic E-state index is 14.4. The van der Waals surface area contributed by atoms with E-state index in [1.165, 1.54) is 4.68 Å². The van der Waals surface area contributed by atoms with Crippen molar-refractivity contribution in [1.29, 1.82) is 0 Å². The number of nitrogens with zero attached hydrogens (tertiary/aromatic N) is 2. The highest BCUT2D eigenvalue weighted by Gasteiger charge is 2.47. The maximum Gasteiger partial charge on any atom is 0.356 e. The first-order valence-corrected chi connectivity index (χ1v) is 14.7. The third-order valence-corrected chi connectivity index (χ3v) is 8.40. The van der Waals surface area contributed by atoms with Gasteiger partial charge in [0, 0.05) is 29.3 Å². The Bertz CT molecular complexity index is 1910. The maximum atomic E-state index is 14.4. The number of carbonyl (C=O) groups is 2. The molecule has 1 atom stereocenters. The Hall–Kier alpha value is -5.11. The van der Waals surface area contributed by atoms with Crippen LogP contribution in [0.25, 0.3) is 22.6 Å². The summed E-state index contributed by atoms with van der Waals surface area (Å²) in [7, 11) is 1.61. The van der Waals surface area contributed by atoms with Gasteiger partial charge in [0.15, 0.2) is 5.78 Å². The smallest absolute Gasteiger partial charge is 0.356 e. The van der Waals surface area contributed by atoms with E-state index in [1.807, 2.05) is 93.6 Å². The number of esters is 1. The molecule has 3 aromatic carbocycles. The monoisotopic (exact) mass is 589 g/mol. The summed E-state index contributed by atoms with van der Waals surface area (Å²) < 4.78 is 14.3. The summed E-state index contributed by atoms with van der Waals surface area (Å²) in [5.74, 6) is -0.575. The molecule has 8 heteroatoms. The largest absolute Gasteiger partial charge is 0.497 e. The van der Waals surface area contributed by atoms with Crippen LogP contribution in [-0.4, -0.2) is 39.8 Å². The lowest BCUT2D eigenvalue weighted by atomic mass is 9.65. The number of aromatic amines is 1. The summed E-state index contributed by atoms with van der Waals surface area (Å²) in [6, 6.07) is 26.8. The molecule has 0 saturated heterocycles. The highest BCUT2D eigenvalue weighted by atomic mass is 16.5. The molecule has 5 aromatic rings. The molecule has 1 aliphatic rings. The fourth-order valence-electron chi connectivity index (χ4n) is 6.32. The van der Waals surface area contributed by atoms with Crippen LogP contribution in [0.3, 0.4) is 0 Å². The van der Waals surface area contributed by atoms with Gasteiger partial charge in [0.2, 0.25) is 0 Å². The van der Waals surface area contributed by atoms with Crippen molar-refractivity contribution < 1.29 is 19.1 Å². The molecule has 0 radical (unpaired) electrons. The van der Waals surface area contributed by atoms with E-state index < -0.39 is 17.3 Å². The van der Waals surface area contributed by atoms with Crippen LogP contribution >= 0.6 is 0 Å². The van der Waals surface area contributed by atoms with Crippen LogP contribution in [0.5, 0.6) is 5.75 Å². The van der Waals surface area contributed by atoms with E-state index in [9.17, 15) is 14.4 Å². The molecule has 2 aromatic heterocycles. The number of para-hydroxylation sites is 1. The fourth-order valence-corrected chi connectivity index (χ4v) is 6.32. The van der Waals surface area contributed by atoms with Crippen molar-refractivity contribution in [3.8, 4) is 28.4 Å². The zero-order valence-corrected chi connectivity index (χ0v) is 25.5. The molecule has 1 N–H and O–H groups in total. The second-order valence-corrected chi connectivity index (χ2v) is 11.8. The first-order valence-electron chi connectivity index (χ1n) is 14.7. The first kappa shape index (κ1) is 29.0. The van der Waals surface area contributed by atoms with Gasteiger partial charge in [-0.1, -0.05) is 61.9 Å². The standard InChI is InChI=1S/C36H35N3O5/c1-6-44-35(42)32-30(34(41)39(37-32)25-10-8-7-9-11-25)31-33-27(29(40)21-36(31,3)4)20-28(23-14-12-22(2)13-15-23)38(33)24-16-18-26(43-5)19-17-24/h7-20,31,37H,6,21H2,1-5H3. The lowest BCUT2D eigenvalue weighted by Crippen LogP contribution is -2.37. The summed E-state index contributed by atoms with van der Waals surface area (Å²) in [4.78, 5) is 41.8. The van der Waals surface area contributed by atoms with Gasteiger partial charge in [0.05, 0.1) is 30.7 Å². The van der Waals surface area contributed by atoms with E-state index in [4.69, 9.17) is 9.47 Å². The molecule has 0 saturated carbocycles. The molecule has 8 nitrogen and oxygen atoms in total. The lowest BCUT2D eigenvalue weighted by Gasteiger charge is -2.38. The van der Waals surface area contributed by atoms with Crippen molar-refractivity contribution in [2.75, 3.05) is 13.7 Å². The minimum atomic E-state index is -0.728. The Balaban J connectivity index is 1.70. The molecule has 0 amide bonds. The Morgan fingerprint density at radius 2 is 1.64 bits per heavy atom. The van der Waals surface area contributed by atoms with Gasteiger partial charge in [-0.2, -0.15) is 0 Å². The average molecular weight is 590 g/mol. The van der Waals surface area contributed by atoms with Crippen molar-refractivity contribution >= 4 is 11.8 Å². The molecule has 0 aliphatic heterocycles. The van der Waals surface area contributed by atoms with E-state index in [1.54, 1.807) is 26.2 Å². The third kappa shape index (κ3) is 4.86. The SMILES string of the molecule is CCOC(=O)c1[nH]n(-c2ccccc2)c(=O)c1C1c2c(cc(-c3ccc(C)cc3)n2-c2ccc(OC)cc2)C(=O)CC1(C)C. The number of ketones is 1. The number of benzene rings is 3. The molecule has 2 heterocycles. The van der Waals surface area contributed by atoms with E-state index in [2.05, 4.69) is 9.67 Å². The van der Waals surface area contributed by atoms with Crippen LogP contribution in [0.15, 0.2) is 89.7 Å². The third-order valence-electron chi connectivity index (χ3n) is 8.40. The summed E-state index contributed by atoms with van der Waals surface area (Å²) in [5.41, 5.74) is 4.69. The molecule has 0 fully saturated rings. The Morgan fingerprint density at radius 1 is 0.955 bits per heavy atom. The highest BCUT2D eigenvalue weighted by Crippen LogP contribution is 2.51. The highest BCUT2D eigenvalue weighted by molar-refractivity contribution is 6.01. The number of carbonyl (C=O) groups excluding carboxylic acids is 2. The molecule has 6 rings (SSSR count). The number of methoxy groups -OCH3 is 1. The van der Waals surface area contributed by atoms with Gasteiger partial charge in [-0.15, -0.1) is 0 Å². The van der Waals surface area contributed by atoms with Gasteiger partial charge in [-0.3, -0.25) is 14.7 Å². The molecule has 1 aliphatic carbocycles. The van der Waals surface area contributed by atoms with Crippen molar-refractivity contribution in [2.45, 2.75) is 40.0 Å². The van der Waals surface area contributed by atoms with E-state index in [0.717, 1.165) is 22.5 Å². The molecule has 44 heavy (non-hydrogen) atoms. The van der Waals surface area contributed by atoms with Crippen molar-refractivity contribution in [3.05, 3.63) is 123 Å². The van der Waals surface area contributed by atoms with Crippen LogP contribution in [-0.2, 0) is 4.74 Å². The Kier molecular flexibility index (Phi) is 7.37. The predicted octanol–water partition coefficient (Wildman–Crippen LogP) is 6.86. The van der Waals surface area contributed by atoms with Crippen LogP contribution < -0.4 is 10.3 Å². The van der Waals surface area contributed by atoms with Crippen LogP contribution in [0.4, 0.5) is 0 Å². The molecular formula is C36H35N3O5. The van der Waals surface area contributed by atoms with Gasteiger partial charge in [-0.25, -0.2) is 9.48 Å². The number of rotatable bonds is 7. The number of hydrogen-bond acceptors (Lipinski definition) is 5. The topological polar surface area (TPSA) is 95.3 Å². The molecule has 0 spiro atoms. The number of hydrogen-bond donors (Lipinski definition) is 1. The van der Waals surface area contributed by atoms with Crippen LogP contribution in [0, 0.1) is 12.3 Å². The molecule has 0 bridgehead atoms. The summed E-state index contributed by atoms with van der Waals surface area (Å²) in [5, 5.41) is 3.07. The van der Waals surface area contributed by atoms with Gasteiger partial charge in [0.25, 0.3) is 5.56 Å². The number of H-pyrrole nitrogens is 1. The summed E-state index contributed by atoms with van der Waals surface area (Å²) in [6.07, 6.45) is 0.197. The summed E-state index contributed by atoms with van der Waals surface area (Å²) >= 11 is 0. The van der Waals surface area contributed by atoms with E-state index in [0.29, 0.717) is 22.7 Å². The number of aromatic nitrogens is 3. The molecule has 1 unspecified atom stereocenters. The van der Waals surface area contributed by atoms with Gasteiger partial charge < -0.3 is 14.0 Å². The molecular weight excluding hydrogens is 554 g/mol. The van der Waals surface area contributed by atoms with Gasteiger partial charge >= 0.3 is 5.97 Å². The normalized spacial score (nSPS) is 15.6. The van der Waals surface area contributed by atoms with E-state index >= 15 is 0 Å².